The fraction of sp³-hybridized carbons (Fsp3) is 0.286. The van der Waals surface area contributed by atoms with Gasteiger partial charge < -0.3 is 24.5 Å². The molecule has 35 heavy (non-hydrogen) atoms. The minimum Gasteiger partial charge on any atom is -0.493 e. The number of aliphatic hydroxyl groups is 1. The van der Waals surface area contributed by atoms with Crippen LogP contribution in [0.25, 0.3) is 16.7 Å². The molecule has 1 aliphatic carbocycles. The summed E-state index contributed by atoms with van der Waals surface area (Å²) in [5, 5.41) is 15.0. The van der Waals surface area contributed by atoms with Gasteiger partial charge in [-0.2, -0.15) is 0 Å². The van der Waals surface area contributed by atoms with Gasteiger partial charge in [-0.3, -0.25) is 0 Å². The number of nitrogens with zero attached hydrogens (tertiary/aromatic N) is 3. The first-order valence-corrected chi connectivity index (χ1v) is 11.7. The average Bonchev–Trinajstić information content (AvgIpc) is 3.49. The van der Waals surface area contributed by atoms with Crippen LogP contribution in [0.4, 0.5) is 11.5 Å². The molecule has 0 unspecified atom stereocenters. The molecular formula is C28H28N4O3. The Morgan fingerprint density at radius 3 is 2.63 bits per heavy atom. The Balaban J connectivity index is 1.45. The topological polar surface area (TPSA) is 81.4 Å². The van der Waals surface area contributed by atoms with Gasteiger partial charge in [-0.1, -0.05) is 17.9 Å². The van der Waals surface area contributed by atoms with Crippen molar-refractivity contribution in [2.75, 3.05) is 19.5 Å². The standard InChI is InChI=1S/C28H28N4O3/c1-19-14-22(16-24(34-2)27(19)35-3)31-25-17-26(30-18-29-25)32-13-9-21-7-6-20(15-23(21)32)8-12-28(33)10-4-5-11-28/h6-7,9,13-18,33H,4-5,10-11H2,1-3H3,(H,29,30,31). The van der Waals surface area contributed by atoms with E-state index < -0.39 is 5.60 Å². The number of aryl methyl sites for hydroxylation is 1. The number of rotatable bonds is 5. The highest BCUT2D eigenvalue weighted by molar-refractivity contribution is 5.83. The van der Waals surface area contributed by atoms with E-state index in [1.54, 1.807) is 14.2 Å². The Hall–Kier alpha value is -4.02. The van der Waals surface area contributed by atoms with Crippen LogP contribution < -0.4 is 14.8 Å². The fourth-order valence-corrected chi connectivity index (χ4v) is 4.60. The van der Waals surface area contributed by atoms with Crippen LogP contribution >= 0.6 is 0 Å². The maximum Gasteiger partial charge on any atom is 0.163 e. The Bertz CT molecular complexity index is 1440. The van der Waals surface area contributed by atoms with Crippen LogP contribution in [0.2, 0.25) is 0 Å². The van der Waals surface area contributed by atoms with E-state index in [1.165, 1.54) is 6.33 Å². The Labute approximate surface area is 204 Å². The SMILES string of the molecule is COc1cc(Nc2cc(-n3ccc4ccc(C#CC5(O)CCCC5)cc43)ncn2)cc(C)c1OC. The molecule has 2 aromatic heterocycles. The maximum atomic E-state index is 10.6. The second-order valence-corrected chi connectivity index (χ2v) is 8.86. The van der Waals surface area contributed by atoms with Crippen LogP contribution in [-0.2, 0) is 0 Å². The summed E-state index contributed by atoms with van der Waals surface area (Å²) >= 11 is 0. The van der Waals surface area contributed by atoms with Crippen molar-refractivity contribution in [1.82, 2.24) is 14.5 Å². The Kier molecular flexibility index (Phi) is 6.06. The quantitative estimate of drug-likeness (QED) is 0.395. The van der Waals surface area contributed by atoms with E-state index >= 15 is 0 Å². The van der Waals surface area contributed by atoms with Crippen molar-refractivity contribution >= 4 is 22.4 Å². The van der Waals surface area contributed by atoms with Gasteiger partial charge in [-0.15, -0.1) is 0 Å². The number of nitrogens with one attached hydrogen (secondary N) is 1. The van der Waals surface area contributed by atoms with E-state index in [1.807, 2.05) is 60.2 Å². The van der Waals surface area contributed by atoms with Gasteiger partial charge in [-0.05, 0) is 62.4 Å². The second-order valence-electron chi connectivity index (χ2n) is 8.86. The van der Waals surface area contributed by atoms with Crippen molar-refractivity contribution < 1.29 is 14.6 Å². The van der Waals surface area contributed by atoms with Gasteiger partial charge in [0.15, 0.2) is 11.5 Å². The molecule has 0 aliphatic heterocycles. The third kappa shape index (κ3) is 4.66. The fourth-order valence-electron chi connectivity index (χ4n) is 4.60. The minimum atomic E-state index is -0.854. The van der Waals surface area contributed by atoms with Crippen LogP contribution in [0.3, 0.4) is 0 Å². The van der Waals surface area contributed by atoms with E-state index in [4.69, 9.17) is 9.47 Å². The largest absolute Gasteiger partial charge is 0.493 e. The summed E-state index contributed by atoms with van der Waals surface area (Å²) in [7, 11) is 3.25. The van der Waals surface area contributed by atoms with Crippen molar-refractivity contribution in [2.24, 2.45) is 0 Å². The van der Waals surface area contributed by atoms with Crippen LogP contribution in [0, 0.1) is 18.8 Å². The highest BCUT2D eigenvalue weighted by atomic mass is 16.5. The van der Waals surface area contributed by atoms with E-state index in [2.05, 4.69) is 27.1 Å². The molecule has 2 heterocycles. The summed E-state index contributed by atoms with van der Waals surface area (Å²) in [5.74, 6) is 9.01. The number of aromatic nitrogens is 3. The van der Waals surface area contributed by atoms with E-state index in [-0.39, 0.29) is 0 Å². The van der Waals surface area contributed by atoms with Crippen molar-refractivity contribution in [1.29, 1.82) is 0 Å². The van der Waals surface area contributed by atoms with E-state index in [9.17, 15) is 5.11 Å². The molecule has 4 aromatic rings. The lowest BCUT2D eigenvalue weighted by Crippen LogP contribution is -2.20. The summed E-state index contributed by atoms with van der Waals surface area (Å²) in [6.45, 7) is 1.97. The molecule has 1 saturated carbocycles. The van der Waals surface area contributed by atoms with Crippen LogP contribution in [0.1, 0.15) is 36.8 Å². The molecular weight excluding hydrogens is 440 g/mol. The molecule has 5 rings (SSSR count). The summed E-state index contributed by atoms with van der Waals surface area (Å²) in [6, 6.07) is 13.9. The summed E-state index contributed by atoms with van der Waals surface area (Å²) in [4.78, 5) is 8.89. The zero-order chi connectivity index (χ0) is 24.4. The normalized spacial score (nSPS) is 14.4. The molecule has 7 nitrogen and oxygen atoms in total. The van der Waals surface area contributed by atoms with Gasteiger partial charge in [0.1, 0.15) is 23.6 Å². The molecule has 2 N–H and O–H groups in total. The highest BCUT2D eigenvalue weighted by Gasteiger charge is 2.28. The molecule has 1 fully saturated rings. The van der Waals surface area contributed by atoms with Crippen molar-refractivity contribution in [2.45, 2.75) is 38.2 Å². The highest BCUT2D eigenvalue weighted by Crippen LogP contribution is 2.35. The predicted octanol–water partition coefficient (Wildman–Crippen LogP) is 5.15. The number of hydrogen-bond donors (Lipinski definition) is 2. The molecule has 0 radical (unpaired) electrons. The van der Waals surface area contributed by atoms with Gasteiger partial charge in [0, 0.05) is 35.0 Å². The van der Waals surface area contributed by atoms with Gasteiger partial charge in [0.2, 0.25) is 0 Å². The van der Waals surface area contributed by atoms with E-state index in [0.29, 0.717) is 17.3 Å². The second kappa shape index (κ2) is 9.32. The number of hydrogen-bond acceptors (Lipinski definition) is 6. The van der Waals surface area contributed by atoms with Crippen molar-refractivity contribution in [3.05, 3.63) is 66.1 Å². The molecule has 2 aromatic carbocycles. The summed E-state index contributed by atoms with van der Waals surface area (Å²) in [5.41, 5.74) is 2.79. The molecule has 0 saturated heterocycles. The summed E-state index contributed by atoms with van der Waals surface area (Å²) < 4.78 is 12.9. The van der Waals surface area contributed by atoms with Gasteiger partial charge in [-0.25, -0.2) is 9.97 Å². The minimum absolute atomic E-state index is 0.650. The average molecular weight is 469 g/mol. The van der Waals surface area contributed by atoms with Crippen LogP contribution in [-0.4, -0.2) is 39.5 Å². The molecule has 178 valence electrons. The first-order chi connectivity index (χ1) is 17.0. The molecule has 7 heteroatoms. The monoisotopic (exact) mass is 468 g/mol. The third-order valence-corrected chi connectivity index (χ3v) is 6.40. The first-order valence-electron chi connectivity index (χ1n) is 11.7. The Morgan fingerprint density at radius 1 is 1.03 bits per heavy atom. The predicted molar refractivity (Wildman–Crippen MR) is 137 cm³/mol. The van der Waals surface area contributed by atoms with Crippen molar-refractivity contribution in [3.8, 4) is 29.2 Å². The number of fused-ring (bicyclic) bond motifs is 1. The number of anilines is 2. The molecule has 1 aliphatic rings. The lowest BCUT2D eigenvalue weighted by molar-refractivity contribution is 0.110. The molecule has 0 atom stereocenters. The van der Waals surface area contributed by atoms with Crippen LogP contribution in [0.15, 0.2) is 55.0 Å². The smallest absolute Gasteiger partial charge is 0.163 e. The maximum absolute atomic E-state index is 10.6. The third-order valence-electron chi connectivity index (χ3n) is 6.40. The zero-order valence-electron chi connectivity index (χ0n) is 20.1. The van der Waals surface area contributed by atoms with Crippen LogP contribution in [0.5, 0.6) is 11.5 Å². The zero-order valence-corrected chi connectivity index (χ0v) is 20.1. The summed E-state index contributed by atoms with van der Waals surface area (Å²) in [6.07, 6.45) is 7.07. The molecule has 0 bridgehead atoms. The number of methoxy groups -OCH3 is 2. The van der Waals surface area contributed by atoms with Gasteiger partial charge in [0.05, 0.1) is 19.7 Å². The van der Waals surface area contributed by atoms with Gasteiger partial charge >= 0.3 is 0 Å². The Morgan fingerprint density at radius 2 is 1.86 bits per heavy atom. The van der Waals surface area contributed by atoms with E-state index in [0.717, 1.165) is 59.2 Å². The number of ether oxygens (including phenoxy) is 2. The number of benzene rings is 2. The molecule has 0 spiro atoms. The van der Waals surface area contributed by atoms with Gasteiger partial charge in [0.25, 0.3) is 0 Å². The first kappa shape index (κ1) is 22.8. The lowest BCUT2D eigenvalue weighted by Gasteiger charge is -2.14. The molecule has 0 amide bonds. The lowest BCUT2D eigenvalue weighted by atomic mass is 10.0. The van der Waals surface area contributed by atoms with Crippen molar-refractivity contribution in [3.63, 3.8) is 0 Å².